The minimum Gasteiger partial charge on any atom is -0.444 e. The van der Waals surface area contributed by atoms with Gasteiger partial charge in [0.15, 0.2) is 0 Å². The van der Waals surface area contributed by atoms with Crippen LogP contribution >= 0.6 is 11.6 Å². The quantitative estimate of drug-likeness (QED) is 0.650. The summed E-state index contributed by atoms with van der Waals surface area (Å²) in [4.78, 5) is 19.1. The van der Waals surface area contributed by atoms with E-state index in [-0.39, 0.29) is 11.6 Å². The van der Waals surface area contributed by atoms with Crippen LogP contribution in [-0.2, 0) is 16.0 Å². The highest BCUT2D eigenvalue weighted by Crippen LogP contribution is 2.37. The van der Waals surface area contributed by atoms with Crippen LogP contribution in [0.2, 0.25) is 5.02 Å². The fourth-order valence-corrected chi connectivity index (χ4v) is 5.36. The van der Waals surface area contributed by atoms with Crippen molar-refractivity contribution in [3.63, 3.8) is 0 Å². The summed E-state index contributed by atoms with van der Waals surface area (Å²) in [6.45, 7) is 14.2. The highest BCUT2D eigenvalue weighted by Gasteiger charge is 2.38. The van der Waals surface area contributed by atoms with Gasteiger partial charge in [-0.2, -0.15) is 0 Å². The molecule has 1 aromatic rings. The Hall–Kier alpha value is -1.50. The summed E-state index contributed by atoms with van der Waals surface area (Å²) in [5.74, 6) is 1.26. The van der Waals surface area contributed by atoms with Crippen molar-refractivity contribution >= 4 is 23.4 Å². The Balaban J connectivity index is 1.37. The van der Waals surface area contributed by atoms with E-state index in [0.717, 1.165) is 69.5 Å². The van der Waals surface area contributed by atoms with Crippen molar-refractivity contribution in [1.82, 2.24) is 9.80 Å². The third-order valence-corrected chi connectivity index (χ3v) is 7.74. The normalized spacial score (nSPS) is 25.3. The second-order valence-corrected chi connectivity index (χ2v) is 11.5. The molecule has 1 aromatic carbocycles. The molecule has 1 amide bonds. The van der Waals surface area contributed by atoms with Crippen molar-refractivity contribution in [2.75, 3.05) is 51.3 Å². The topological polar surface area (TPSA) is 45.2 Å². The number of ether oxygens (including phenoxy) is 2. The molecule has 3 aliphatic heterocycles. The molecule has 4 rings (SSSR count). The smallest absolute Gasteiger partial charge is 0.410 e. The maximum Gasteiger partial charge on any atom is 0.410 e. The van der Waals surface area contributed by atoms with Gasteiger partial charge in [0, 0.05) is 50.1 Å². The lowest BCUT2D eigenvalue weighted by atomic mass is 9.87. The number of carbonyl (C=O) groups is 1. The van der Waals surface area contributed by atoms with Gasteiger partial charge in [-0.25, -0.2) is 4.79 Å². The lowest BCUT2D eigenvalue weighted by Gasteiger charge is -2.45. The standard InChI is InChI=1S/C25H38ClN3O3/c1-24(2,3)32-23(30)28-10-8-25(4,9-11-28)27(5)13-18-6-7-21(26)22(12-18)29-14-19-16-31-17-20(19)15-29/h6-7,12,19-20H,8-11,13-17H2,1-5H3. The van der Waals surface area contributed by atoms with Crippen LogP contribution in [0.4, 0.5) is 10.5 Å². The lowest BCUT2D eigenvalue weighted by Crippen LogP contribution is -2.53. The SMILES string of the molecule is CN(Cc1ccc(Cl)c(N2CC3COCC3C2)c1)C1(C)CCN(C(=O)OC(C)(C)C)CC1. The minimum atomic E-state index is -0.456. The number of halogens is 1. The molecule has 178 valence electrons. The Bertz CT molecular complexity index is 820. The van der Waals surface area contributed by atoms with Gasteiger partial charge >= 0.3 is 6.09 Å². The van der Waals surface area contributed by atoms with E-state index >= 15 is 0 Å². The summed E-state index contributed by atoms with van der Waals surface area (Å²) >= 11 is 6.60. The molecular formula is C25H38ClN3O3. The second kappa shape index (κ2) is 9.03. The zero-order valence-electron chi connectivity index (χ0n) is 20.2. The molecule has 6 nitrogen and oxygen atoms in total. The number of hydrogen-bond acceptors (Lipinski definition) is 5. The number of fused-ring (bicyclic) bond motifs is 1. The maximum absolute atomic E-state index is 12.4. The predicted octanol–water partition coefficient (Wildman–Crippen LogP) is 4.64. The van der Waals surface area contributed by atoms with E-state index in [0.29, 0.717) is 11.8 Å². The number of carbonyl (C=O) groups excluding carboxylic acids is 1. The molecule has 3 saturated heterocycles. The summed E-state index contributed by atoms with van der Waals surface area (Å²) in [6.07, 6.45) is 1.66. The van der Waals surface area contributed by atoms with E-state index in [9.17, 15) is 4.79 Å². The Labute approximate surface area is 197 Å². The molecule has 0 N–H and O–H groups in total. The molecular weight excluding hydrogens is 426 g/mol. The first kappa shape index (κ1) is 23.7. The molecule has 0 spiro atoms. The van der Waals surface area contributed by atoms with E-state index in [1.807, 2.05) is 31.7 Å². The van der Waals surface area contributed by atoms with Crippen molar-refractivity contribution in [2.24, 2.45) is 11.8 Å². The van der Waals surface area contributed by atoms with Crippen LogP contribution in [0.5, 0.6) is 0 Å². The molecule has 0 aliphatic carbocycles. The fourth-order valence-electron chi connectivity index (χ4n) is 5.13. The van der Waals surface area contributed by atoms with Gasteiger partial charge in [0.05, 0.1) is 23.9 Å². The molecule has 7 heteroatoms. The van der Waals surface area contributed by atoms with Crippen LogP contribution in [0.1, 0.15) is 46.1 Å². The van der Waals surface area contributed by atoms with Gasteiger partial charge in [-0.15, -0.1) is 0 Å². The number of hydrogen-bond donors (Lipinski definition) is 0. The number of likely N-dealkylation sites (tertiary alicyclic amines) is 1. The first-order chi connectivity index (χ1) is 15.0. The van der Waals surface area contributed by atoms with E-state index in [4.69, 9.17) is 21.1 Å². The highest BCUT2D eigenvalue weighted by atomic mass is 35.5. The maximum atomic E-state index is 12.4. The largest absolute Gasteiger partial charge is 0.444 e. The van der Waals surface area contributed by atoms with Gasteiger partial charge in [0.25, 0.3) is 0 Å². The molecule has 2 unspecified atom stereocenters. The molecule has 32 heavy (non-hydrogen) atoms. The summed E-state index contributed by atoms with van der Waals surface area (Å²) in [5, 5.41) is 0.828. The van der Waals surface area contributed by atoms with Crippen LogP contribution in [-0.4, -0.2) is 73.5 Å². The Morgan fingerprint density at radius 1 is 1.22 bits per heavy atom. The monoisotopic (exact) mass is 463 g/mol. The van der Waals surface area contributed by atoms with Gasteiger partial charge < -0.3 is 19.3 Å². The average Bonchev–Trinajstić information content (AvgIpc) is 3.30. The third kappa shape index (κ3) is 5.18. The Morgan fingerprint density at radius 2 is 1.84 bits per heavy atom. The Kier molecular flexibility index (Phi) is 6.68. The summed E-state index contributed by atoms with van der Waals surface area (Å²) in [7, 11) is 2.19. The van der Waals surface area contributed by atoms with E-state index in [2.05, 4.69) is 35.9 Å². The van der Waals surface area contributed by atoms with Crippen molar-refractivity contribution in [2.45, 2.75) is 58.2 Å². The lowest BCUT2D eigenvalue weighted by molar-refractivity contribution is 0.00172. The zero-order valence-corrected chi connectivity index (χ0v) is 21.0. The van der Waals surface area contributed by atoms with Gasteiger partial charge in [-0.05, 0) is 65.3 Å². The van der Waals surface area contributed by atoms with Crippen molar-refractivity contribution in [3.8, 4) is 0 Å². The van der Waals surface area contributed by atoms with Gasteiger partial charge in [-0.1, -0.05) is 17.7 Å². The Morgan fingerprint density at radius 3 is 2.44 bits per heavy atom. The first-order valence-electron chi connectivity index (χ1n) is 11.8. The van der Waals surface area contributed by atoms with Crippen LogP contribution in [0.3, 0.4) is 0 Å². The van der Waals surface area contributed by atoms with E-state index in [1.165, 1.54) is 5.56 Å². The van der Waals surface area contributed by atoms with Crippen molar-refractivity contribution in [3.05, 3.63) is 28.8 Å². The molecule has 3 fully saturated rings. The number of anilines is 1. The van der Waals surface area contributed by atoms with Crippen LogP contribution < -0.4 is 4.90 Å². The number of amides is 1. The first-order valence-corrected chi connectivity index (χ1v) is 12.2. The molecule has 3 heterocycles. The third-order valence-electron chi connectivity index (χ3n) is 7.43. The van der Waals surface area contributed by atoms with Gasteiger partial charge in [-0.3, -0.25) is 4.90 Å². The van der Waals surface area contributed by atoms with Crippen LogP contribution in [0.25, 0.3) is 0 Å². The summed E-state index contributed by atoms with van der Waals surface area (Å²) in [5.41, 5.74) is 2.01. The molecule has 3 aliphatic rings. The average molecular weight is 464 g/mol. The number of nitrogens with zero attached hydrogens (tertiary/aromatic N) is 3. The van der Waals surface area contributed by atoms with E-state index in [1.54, 1.807) is 0 Å². The number of piperidine rings is 1. The van der Waals surface area contributed by atoms with Gasteiger partial charge in [0.2, 0.25) is 0 Å². The van der Waals surface area contributed by atoms with Crippen LogP contribution in [0, 0.1) is 11.8 Å². The summed E-state index contributed by atoms with van der Waals surface area (Å²) < 4.78 is 11.2. The van der Waals surface area contributed by atoms with Crippen LogP contribution in [0.15, 0.2) is 18.2 Å². The summed E-state index contributed by atoms with van der Waals surface area (Å²) in [6, 6.07) is 6.44. The number of rotatable bonds is 4. The molecule has 2 atom stereocenters. The second-order valence-electron chi connectivity index (χ2n) is 11.1. The number of benzene rings is 1. The van der Waals surface area contributed by atoms with Crippen molar-refractivity contribution < 1.29 is 14.3 Å². The van der Waals surface area contributed by atoms with Crippen molar-refractivity contribution in [1.29, 1.82) is 0 Å². The molecule has 0 bridgehead atoms. The highest BCUT2D eigenvalue weighted by molar-refractivity contribution is 6.33. The minimum absolute atomic E-state index is 0.0420. The van der Waals surface area contributed by atoms with Gasteiger partial charge in [0.1, 0.15) is 5.60 Å². The molecule has 0 saturated carbocycles. The molecule has 0 aromatic heterocycles. The fraction of sp³-hybridized carbons (Fsp3) is 0.720. The predicted molar refractivity (Wildman–Crippen MR) is 128 cm³/mol. The molecule has 0 radical (unpaired) electrons. The zero-order chi connectivity index (χ0) is 23.1. The van der Waals surface area contributed by atoms with E-state index < -0.39 is 5.60 Å².